The highest BCUT2D eigenvalue weighted by Gasteiger charge is 2.46. The van der Waals surface area contributed by atoms with Gasteiger partial charge in [0.15, 0.2) is 0 Å². The zero-order valence-electron chi connectivity index (χ0n) is 14.3. The molecule has 2 aromatic heterocycles. The summed E-state index contributed by atoms with van der Waals surface area (Å²) in [6.45, 7) is 1.72. The van der Waals surface area contributed by atoms with E-state index in [0.29, 0.717) is 11.8 Å². The zero-order valence-corrected chi connectivity index (χ0v) is 15.1. The minimum atomic E-state index is -0.250. The number of aryl methyl sites for hydroxylation is 1. The summed E-state index contributed by atoms with van der Waals surface area (Å²) < 4.78 is 1.86. The molecule has 1 atom stereocenters. The molecule has 2 aromatic rings. The Balaban J connectivity index is 1.57. The fourth-order valence-electron chi connectivity index (χ4n) is 4.45. The summed E-state index contributed by atoms with van der Waals surface area (Å²) in [6.07, 6.45) is 8.57. The minimum Gasteiger partial charge on any atom is -0.341 e. The van der Waals surface area contributed by atoms with Gasteiger partial charge in [0.1, 0.15) is 0 Å². The average molecular weight is 343 g/mol. The predicted molar refractivity (Wildman–Crippen MR) is 96.2 cm³/mol. The van der Waals surface area contributed by atoms with E-state index in [9.17, 15) is 4.79 Å². The third-order valence-electron chi connectivity index (χ3n) is 5.72. The van der Waals surface area contributed by atoms with E-state index in [2.05, 4.69) is 33.6 Å². The number of carbonyl (C=O) groups excluding carboxylic acids is 1. The van der Waals surface area contributed by atoms with Gasteiger partial charge in [-0.25, -0.2) is 0 Å². The van der Waals surface area contributed by atoms with Gasteiger partial charge in [-0.05, 0) is 43.2 Å². The SMILES string of the molecule is Cn1ccc([C@@H]2CCCN(C(=O)C3(c4cccs4)CCCC3)C2)n1. The minimum absolute atomic E-state index is 0.250. The number of thiophene rings is 1. The van der Waals surface area contributed by atoms with Gasteiger partial charge in [0.2, 0.25) is 5.91 Å². The second-order valence-electron chi connectivity index (χ2n) is 7.27. The fraction of sp³-hybridized carbons (Fsp3) is 0.579. The summed E-state index contributed by atoms with van der Waals surface area (Å²) in [7, 11) is 1.96. The molecule has 0 N–H and O–H groups in total. The Kier molecular flexibility index (Phi) is 4.21. The molecule has 4 rings (SSSR count). The number of amides is 1. The van der Waals surface area contributed by atoms with Gasteiger partial charge in [-0.2, -0.15) is 5.10 Å². The molecule has 3 heterocycles. The van der Waals surface area contributed by atoms with Crippen molar-refractivity contribution in [2.24, 2.45) is 7.05 Å². The number of piperidine rings is 1. The third kappa shape index (κ3) is 2.69. The molecule has 24 heavy (non-hydrogen) atoms. The van der Waals surface area contributed by atoms with Crippen molar-refractivity contribution in [3.8, 4) is 0 Å². The second-order valence-corrected chi connectivity index (χ2v) is 8.22. The van der Waals surface area contributed by atoms with E-state index in [1.807, 2.05) is 17.9 Å². The fourth-order valence-corrected chi connectivity index (χ4v) is 5.43. The van der Waals surface area contributed by atoms with E-state index in [0.717, 1.165) is 44.5 Å². The van der Waals surface area contributed by atoms with Crippen LogP contribution in [0.25, 0.3) is 0 Å². The maximum absolute atomic E-state index is 13.5. The summed E-state index contributed by atoms with van der Waals surface area (Å²) in [5, 5.41) is 6.68. The molecule has 1 saturated carbocycles. The van der Waals surface area contributed by atoms with Gasteiger partial charge in [0, 0.05) is 37.1 Å². The maximum atomic E-state index is 13.5. The van der Waals surface area contributed by atoms with Crippen molar-refractivity contribution >= 4 is 17.2 Å². The number of nitrogens with zero attached hydrogens (tertiary/aromatic N) is 3. The van der Waals surface area contributed by atoms with Crippen molar-refractivity contribution in [1.82, 2.24) is 14.7 Å². The largest absolute Gasteiger partial charge is 0.341 e. The highest BCUT2D eigenvalue weighted by Crippen LogP contribution is 2.45. The van der Waals surface area contributed by atoms with E-state index >= 15 is 0 Å². The molecule has 2 aliphatic rings. The monoisotopic (exact) mass is 343 g/mol. The number of rotatable bonds is 3. The van der Waals surface area contributed by atoms with E-state index in [-0.39, 0.29) is 5.41 Å². The highest BCUT2D eigenvalue weighted by molar-refractivity contribution is 7.10. The lowest BCUT2D eigenvalue weighted by atomic mass is 9.81. The van der Waals surface area contributed by atoms with Gasteiger partial charge in [-0.15, -0.1) is 11.3 Å². The van der Waals surface area contributed by atoms with Crippen LogP contribution < -0.4 is 0 Å². The number of hydrogen-bond donors (Lipinski definition) is 0. The maximum Gasteiger partial charge on any atom is 0.234 e. The molecule has 0 bridgehead atoms. The first kappa shape index (κ1) is 15.9. The molecule has 1 amide bonds. The average Bonchev–Trinajstić information content (AvgIpc) is 3.35. The van der Waals surface area contributed by atoms with Crippen LogP contribution >= 0.6 is 11.3 Å². The molecular weight excluding hydrogens is 318 g/mol. The highest BCUT2D eigenvalue weighted by atomic mass is 32.1. The normalized spacial score (nSPS) is 23.5. The lowest BCUT2D eigenvalue weighted by molar-refractivity contribution is -0.138. The second kappa shape index (κ2) is 6.36. The number of likely N-dealkylation sites (tertiary alicyclic amines) is 1. The first-order valence-electron chi connectivity index (χ1n) is 9.02. The van der Waals surface area contributed by atoms with Gasteiger partial charge in [0.05, 0.1) is 11.1 Å². The Hall–Kier alpha value is -1.62. The van der Waals surface area contributed by atoms with Crippen LogP contribution in [0, 0.1) is 0 Å². The standard InChI is InChI=1S/C19H25N3OS/c1-21-12-8-16(20-21)15-6-4-11-22(14-15)18(23)19(9-2-3-10-19)17-7-5-13-24-17/h5,7-8,12-13,15H,2-4,6,9-11,14H2,1H3/t15-/m1/s1. The van der Waals surface area contributed by atoms with Crippen molar-refractivity contribution in [3.63, 3.8) is 0 Å². The van der Waals surface area contributed by atoms with Crippen molar-refractivity contribution in [2.75, 3.05) is 13.1 Å². The molecule has 1 aliphatic heterocycles. The molecule has 2 fully saturated rings. The molecule has 128 valence electrons. The molecule has 1 aliphatic carbocycles. The third-order valence-corrected chi connectivity index (χ3v) is 6.79. The number of aromatic nitrogens is 2. The van der Waals surface area contributed by atoms with Crippen LogP contribution in [0.3, 0.4) is 0 Å². The van der Waals surface area contributed by atoms with Crippen LogP contribution in [0.5, 0.6) is 0 Å². The van der Waals surface area contributed by atoms with Crippen molar-refractivity contribution in [1.29, 1.82) is 0 Å². The Morgan fingerprint density at radius 1 is 1.29 bits per heavy atom. The van der Waals surface area contributed by atoms with Crippen LogP contribution in [-0.2, 0) is 17.3 Å². The summed E-state index contributed by atoms with van der Waals surface area (Å²) >= 11 is 1.75. The zero-order chi connectivity index (χ0) is 16.6. The van der Waals surface area contributed by atoms with E-state index < -0.39 is 0 Å². The summed E-state index contributed by atoms with van der Waals surface area (Å²) in [5.41, 5.74) is 0.881. The number of carbonyl (C=O) groups is 1. The smallest absolute Gasteiger partial charge is 0.234 e. The van der Waals surface area contributed by atoms with Crippen LogP contribution in [-0.4, -0.2) is 33.7 Å². The topological polar surface area (TPSA) is 38.1 Å². The molecule has 4 nitrogen and oxygen atoms in total. The van der Waals surface area contributed by atoms with Gasteiger partial charge in [0.25, 0.3) is 0 Å². The van der Waals surface area contributed by atoms with Gasteiger partial charge in [-0.1, -0.05) is 18.9 Å². The van der Waals surface area contributed by atoms with Gasteiger partial charge >= 0.3 is 0 Å². The number of hydrogen-bond acceptors (Lipinski definition) is 3. The predicted octanol–water partition coefficient (Wildman–Crippen LogP) is 3.70. The molecule has 1 saturated heterocycles. The summed E-state index contributed by atoms with van der Waals surface area (Å²) in [5.74, 6) is 0.744. The Labute approximate surface area is 147 Å². The lowest BCUT2D eigenvalue weighted by Crippen LogP contribution is -2.48. The Morgan fingerprint density at radius 2 is 2.12 bits per heavy atom. The van der Waals surface area contributed by atoms with Crippen molar-refractivity contribution in [2.45, 2.75) is 49.9 Å². The van der Waals surface area contributed by atoms with Crippen LogP contribution in [0.4, 0.5) is 0 Å². The molecule has 0 aromatic carbocycles. The van der Waals surface area contributed by atoms with Crippen molar-refractivity contribution in [3.05, 3.63) is 40.3 Å². The van der Waals surface area contributed by atoms with Gasteiger partial charge in [-0.3, -0.25) is 9.48 Å². The first-order chi connectivity index (χ1) is 11.7. The van der Waals surface area contributed by atoms with E-state index in [4.69, 9.17) is 0 Å². The van der Waals surface area contributed by atoms with Gasteiger partial charge < -0.3 is 4.90 Å². The Morgan fingerprint density at radius 3 is 2.79 bits per heavy atom. The summed E-state index contributed by atoms with van der Waals surface area (Å²) in [6, 6.07) is 6.34. The first-order valence-corrected chi connectivity index (χ1v) is 9.90. The Bertz CT molecular complexity index is 700. The van der Waals surface area contributed by atoms with Crippen molar-refractivity contribution < 1.29 is 4.79 Å². The van der Waals surface area contributed by atoms with Crippen LogP contribution in [0.15, 0.2) is 29.8 Å². The quantitative estimate of drug-likeness (QED) is 0.852. The molecule has 0 spiro atoms. The van der Waals surface area contributed by atoms with Crippen LogP contribution in [0.2, 0.25) is 0 Å². The van der Waals surface area contributed by atoms with E-state index in [1.54, 1.807) is 11.3 Å². The lowest BCUT2D eigenvalue weighted by Gasteiger charge is -2.38. The molecule has 0 radical (unpaired) electrons. The van der Waals surface area contributed by atoms with E-state index in [1.165, 1.54) is 17.7 Å². The molecule has 5 heteroatoms. The molecule has 0 unspecified atom stereocenters. The van der Waals surface area contributed by atoms with Crippen LogP contribution in [0.1, 0.15) is 55.0 Å². The summed E-state index contributed by atoms with van der Waals surface area (Å²) in [4.78, 5) is 16.9. The molecular formula is C19H25N3OS.